The maximum Gasteiger partial charge on any atom is 0.0924 e. The van der Waals surface area contributed by atoms with E-state index in [-0.39, 0.29) is 12.0 Å². The van der Waals surface area contributed by atoms with Crippen molar-refractivity contribution in [3.8, 4) is 11.3 Å². The molecule has 2 aliphatic rings. The van der Waals surface area contributed by atoms with Gasteiger partial charge in [-0.3, -0.25) is 5.10 Å². The van der Waals surface area contributed by atoms with Gasteiger partial charge in [-0.25, -0.2) is 4.98 Å². The van der Waals surface area contributed by atoms with Crippen LogP contribution in [0.2, 0.25) is 0 Å². The summed E-state index contributed by atoms with van der Waals surface area (Å²) in [6.45, 7) is 8.68. The molecule has 2 aromatic heterocycles. The average Bonchev–Trinajstić information content (AvgIpc) is 3.26. The van der Waals surface area contributed by atoms with Crippen LogP contribution in [0.1, 0.15) is 54.3 Å². The molecule has 5 heteroatoms. The van der Waals surface area contributed by atoms with Crippen molar-refractivity contribution in [1.29, 1.82) is 0 Å². The first-order valence-corrected chi connectivity index (χ1v) is 10.0. The molecule has 2 unspecified atom stereocenters. The molecule has 0 amide bonds. The molecule has 0 saturated carbocycles. The van der Waals surface area contributed by atoms with Gasteiger partial charge in [-0.05, 0) is 62.1 Å². The normalized spacial score (nSPS) is 20.1. The topological polar surface area (TPSA) is 66.0 Å². The van der Waals surface area contributed by atoms with Gasteiger partial charge in [0.1, 0.15) is 0 Å². The third kappa shape index (κ3) is 2.42. The van der Waals surface area contributed by atoms with Crippen LogP contribution in [-0.2, 0) is 6.42 Å². The third-order valence-corrected chi connectivity index (χ3v) is 6.14. The van der Waals surface area contributed by atoms with Gasteiger partial charge in [-0.15, -0.1) is 0 Å². The molecule has 2 atom stereocenters. The molecule has 1 aliphatic heterocycles. The molecule has 0 saturated heterocycles. The van der Waals surface area contributed by atoms with Gasteiger partial charge in [-0.1, -0.05) is 25.5 Å². The van der Waals surface area contributed by atoms with Crippen LogP contribution in [-0.4, -0.2) is 26.9 Å². The highest BCUT2D eigenvalue weighted by Gasteiger charge is 2.35. The standard InChI is InChI=1S/C23H25N5/c1-5-6-16-12(2)21-19(9-10-20-22(21)14(4)26-28-20)24-23(16)15-7-8-18-17(11-15)13(3)25-27-18/h7-11,20,22,28H,5-6H2,1-4H3,(H,25,27). The molecule has 0 bridgehead atoms. The first-order valence-electron chi connectivity index (χ1n) is 10.0. The van der Waals surface area contributed by atoms with E-state index in [4.69, 9.17) is 4.98 Å². The van der Waals surface area contributed by atoms with E-state index in [1.165, 1.54) is 16.7 Å². The number of H-pyrrole nitrogens is 1. The number of rotatable bonds is 3. The summed E-state index contributed by atoms with van der Waals surface area (Å²) in [4.78, 5) is 5.18. The fraction of sp³-hybridized carbons (Fsp3) is 0.348. The first-order chi connectivity index (χ1) is 13.6. The lowest BCUT2D eigenvalue weighted by Crippen LogP contribution is -2.29. The fourth-order valence-electron chi connectivity index (χ4n) is 4.70. The number of aryl methyl sites for hydroxylation is 1. The van der Waals surface area contributed by atoms with Crippen molar-refractivity contribution in [2.45, 2.75) is 52.5 Å². The van der Waals surface area contributed by atoms with E-state index in [0.29, 0.717) is 0 Å². The number of hydrazone groups is 1. The number of benzene rings is 1. The van der Waals surface area contributed by atoms with Crippen molar-refractivity contribution in [2.75, 3.05) is 0 Å². The minimum absolute atomic E-state index is 0.248. The molecule has 28 heavy (non-hydrogen) atoms. The molecule has 5 nitrogen and oxygen atoms in total. The Morgan fingerprint density at radius 1 is 1.14 bits per heavy atom. The van der Waals surface area contributed by atoms with Crippen LogP contribution in [0.4, 0.5) is 0 Å². The molecular formula is C23H25N5. The molecule has 2 N–H and O–H groups in total. The van der Waals surface area contributed by atoms with Gasteiger partial charge in [0.25, 0.3) is 0 Å². The molecule has 0 spiro atoms. The number of aromatic nitrogens is 3. The van der Waals surface area contributed by atoms with E-state index in [1.54, 1.807) is 0 Å². The summed E-state index contributed by atoms with van der Waals surface area (Å²) in [5.74, 6) is 0.288. The number of hydrogen-bond acceptors (Lipinski definition) is 4. The van der Waals surface area contributed by atoms with E-state index in [0.717, 1.165) is 52.1 Å². The molecule has 0 fully saturated rings. The quantitative estimate of drug-likeness (QED) is 0.704. The Labute approximate surface area is 165 Å². The number of pyridine rings is 1. The van der Waals surface area contributed by atoms with Gasteiger partial charge in [0.15, 0.2) is 0 Å². The first kappa shape index (κ1) is 17.2. The van der Waals surface area contributed by atoms with Crippen LogP contribution < -0.4 is 5.43 Å². The Hall–Kier alpha value is -2.95. The van der Waals surface area contributed by atoms with Gasteiger partial charge in [0.2, 0.25) is 0 Å². The number of nitrogens with zero attached hydrogens (tertiary/aromatic N) is 3. The molecule has 3 heterocycles. The van der Waals surface area contributed by atoms with Crippen molar-refractivity contribution in [3.63, 3.8) is 0 Å². The SMILES string of the molecule is CCCc1c(-c2ccc3n[nH]c(C)c3c2)nc2c(c1C)C1C(C)=NNC1C=C2. The molecule has 3 aromatic rings. The van der Waals surface area contributed by atoms with E-state index in [9.17, 15) is 0 Å². The maximum atomic E-state index is 5.18. The molecule has 1 aromatic carbocycles. The Bertz CT molecular complexity index is 1150. The lowest BCUT2D eigenvalue weighted by atomic mass is 9.79. The van der Waals surface area contributed by atoms with Gasteiger partial charge in [-0.2, -0.15) is 10.2 Å². The highest BCUT2D eigenvalue weighted by Crippen LogP contribution is 2.40. The van der Waals surface area contributed by atoms with E-state index >= 15 is 0 Å². The van der Waals surface area contributed by atoms with Gasteiger partial charge >= 0.3 is 0 Å². The molecule has 142 valence electrons. The summed E-state index contributed by atoms with van der Waals surface area (Å²) in [6.07, 6.45) is 6.47. The largest absolute Gasteiger partial charge is 0.302 e. The van der Waals surface area contributed by atoms with Crippen LogP contribution >= 0.6 is 0 Å². The Morgan fingerprint density at radius 2 is 2.00 bits per heavy atom. The highest BCUT2D eigenvalue weighted by atomic mass is 15.3. The fourth-order valence-corrected chi connectivity index (χ4v) is 4.70. The Kier molecular flexibility index (Phi) is 3.86. The summed E-state index contributed by atoms with van der Waals surface area (Å²) in [6, 6.07) is 6.71. The van der Waals surface area contributed by atoms with Crippen molar-refractivity contribution in [2.24, 2.45) is 5.10 Å². The number of fused-ring (bicyclic) bond motifs is 4. The molecule has 1 aliphatic carbocycles. The third-order valence-electron chi connectivity index (χ3n) is 6.14. The van der Waals surface area contributed by atoms with E-state index in [2.05, 4.69) is 78.8 Å². The monoisotopic (exact) mass is 371 g/mol. The predicted octanol–water partition coefficient (Wildman–Crippen LogP) is 4.65. The van der Waals surface area contributed by atoms with Crippen molar-refractivity contribution in [3.05, 3.63) is 52.4 Å². The lowest BCUT2D eigenvalue weighted by molar-refractivity contribution is 0.633. The second kappa shape index (κ2) is 6.30. The van der Waals surface area contributed by atoms with Crippen molar-refractivity contribution in [1.82, 2.24) is 20.6 Å². The predicted molar refractivity (Wildman–Crippen MR) is 115 cm³/mol. The number of nitrogens with one attached hydrogen (secondary N) is 2. The van der Waals surface area contributed by atoms with Crippen LogP contribution in [0.25, 0.3) is 28.2 Å². The summed E-state index contributed by atoms with van der Waals surface area (Å²) < 4.78 is 0. The second-order valence-corrected chi connectivity index (χ2v) is 7.94. The minimum Gasteiger partial charge on any atom is -0.302 e. The summed E-state index contributed by atoms with van der Waals surface area (Å²) in [7, 11) is 0. The number of aromatic amines is 1. The average molecular weight is 371 g/mol. The zero-order valence-corrected chi connectivity index (χ0v) is 16.8. The van der Waals surface area contributed by atoms with E-state index in [1.807, 2.05) is 0 Å². The van der Waals surface area contributed by atoms with E-state index < -0.39 is 0 Å². The molecule has 5 rings (SSSR count). The smallest absolute Gasteiger partial charge is 0.0924 e. The summed E-state index contributed by atoms with van der Waals surface area (Å²) >= 11 is 0. The summed E-state index contributed by atoms with van der Waals surface area (Å²) in [5.41, 5.74) is 13.9. The minimum atomic E-state index is 0.248. The van der Waals surface area contributed by atoms with Crippen LogP contribution in [0.15, 0.2) is 29.4 Å². The molecule has 0 radical (unpaired) electrons. The highest BCUT2D eigenvalue weighted by molar-refractivity contribution is 5.94. The lowest BCUT2D eigenvalue weighted by Gasteiger charge is -2.27. The van der Waals surface area contributed by atoms with Crippen LogP contribution in [0.3, 0.4) is 0 Å². The summed E-state index contributed by atoms with van der Waals surface area (Å²) in [5, 5.41) is 13.1. The van der Waals surface area contributed by atoms with Gasteiger partial charge in [0, 0.05) is 22.4 Å². The Morgan fingerprint density at radius 3 is 2.82 bits per heavy atom. The van der Waals surface area contributed by atoms with Crippen LogP contribution in [0.5, 0.6) is 0 Å². The second-order valence-electron chi connectivity index (χ2n) is 7.94. The van der Waals surface area contributed by atoms with Crippen molar-refractivity contribution < 1.29 is 0 Å². The number of hydrogen-bond donors (Lipinski definition) is 2. The van der Waals surface area contributed by atoms with Crippen LogP contribution in [0, 0.1) is 13.8 Å². The van der Waals surface area contributed by atoms with Crippen molar-refractivity contribution >= 4 is 22.7 Å². The maximum absolute atomic E-state index is 5.18. The van der Waals surface area contributed by atoms with Gasteiger partial charge in [0.05, 0.1) is 28.9 Å². The van der Waals surface area contributed by atoms with Gasteiger partial charge < -0.3 is 5.43 Å². The zero-order chi connectivity index (χ0) is 19.4. The molecular weight excluding hydrogens is 346 g/mol. The zero-order valence-electron chi connectivity index (χ0n) is 16.8. The Balaban J connectivity index is 1.75.